The second kappa shape index (κ2) is 8.25. The molecule has 21 heavy (non-hydrogen) atoms. The molecule has 4 nitrogen and oxygen atoms in total. The summed E-state index contributed by atoms with van der Waals surface area (Å²) in [6, 6.07) is 5.73. The van der Waals surface area contributed by atoms with E-state index in [1.165, 1.54) is 12.8 Å². The first kappa shape index (κ1) is 16.1. The molecule has 0 radical (unpaired) electrons. The molecule has 1 atom stereocenters. The Morgan fingerprint density at radius 1 is 1.43 bits per heavy atom. The van der Waals surface area contributed by atoms with Crippen molar-refractivity contribution in [2.45, 2.75) is 32.7 Å². The minimum Gasteiger partial charge on any atom is -0.504 e. The van der Waals surface area contributed by atoms with Gasteiger partial charge in [0.1, 0.15) is 0 Å². The van der Waals surface area contributed by atoms with Crippen LogP contribution in [0.4, 0.5) is 0 Å². The van der Waals surface area contributed by atoms with Crippen LogP contribution < -0.4 is 10.1 Å². The summed E-state index contributed by atoms with van der Waals surface area (Å²) >= 11 is 0. The number of aromatic hydroxyl groups is 1. The molecule has 0 aromatic heterocycles. The first-order valence-electron chi connectivity index (χ1n) is 8.02. The van der Waals surface area contributed by atoms with Gasteiger partial charge in [-0.25, -0.2) is 0 Å². The van der Waals surface area contributed by atoms with Crippen LogP contribution in [-0.2, 0) is 6.54 Å². The Kier molecular flexibility index (Phi) is 6.33. The number of benzene rings is 1. The highest BCUT2D eigenvalue weighted by molar-refractivity contribution is 5.45. The zero-order valence-electron chi connectivity index (χ0n) is 13.3. The summed E-state index contributed by atoms with van der Waals surface area (Å²) < 4.78 is 5.20. The van der Waals surface area contributed by atoms with Gasteiger partial charge in [-0.3, -0.25) is 4.90 Å². The molecule has 2 N–H and O–H groups in total. The van der Waals surface area contributed by atoms with E-state index in [2.05, 4.69) is 17.1 Å². The lowest BCUT2D eigenvalue weighted by Gasteiger charge is -2.30. The number of piperidine rings is 1. The van der Waals surface area contributed by atoms with Gasteiger partial charge in [-0.05, 0) is 50.9 Å². The van der Waals surface area contributed by atoms with Crippen molar-refractivity contribution in [2.24, 2.45) is 5.92 Å². The first-order valence-corrected chi connectivity index (χ1v) is 8.02. The molecule has 118 valence electrons. The fourth-order valence-electron chi connectivity index (χ4n) is 3.10. The Labute approximate surface area is 128 Å². The van der Waals surface area contributed by atoms with Crippen LogP contribution >= 0.6 is 0 Å². The number of methoxy groups -OCH3 is 1. The van der Waals surface area contributed by atoms with Crippen molar-refractivity contribution in [1.82, 2.24) is 10.2 Å². The van der Waals surface area contributed by atoms with E-state index in [0.29, 0.717) is 5.75 Å². The fourth-order valence-corrected chi connectivity index (χ4v) is 3.10. The monoisotopic (exact) mass is 292 g/mol. The number of para-hydroxylation sites is 1. The normalized spacial score (nSPS) is 18.9. The van der Waals surface area contributed by atoms with Gasteiger partial charge in [0.25, 0.3) is 0 Å². The number of rotatable bonds is 7. The lowest BCUT2D eigenvalue weighted by Crippen LogP contribution is -2.38. The van der Waals surface area contributed by atoms with Gasteiger partial charge < -0.3 is 15.2 Å². The molecule has 1 heterocycles. The zero-order valence-corrected chi connectivity index (χ0v) is 13.3. The third kappa shape index (κ3) is 4.61. The number of nitrogens with zero attached hydrogens (tertiary/aromatic N) is 1. The van der Waals surface area contributed by atoms with E-state index in [0.717, 1.165) is 50.6 Å². The third-order valence-electron chi connectivity index (χ3n) is 4.15. The maximum absolute atomic E-state index is 10.2. The first-order chi connectivity index (χ1) is 10.2. The van der Waals surface area contributed by atoms with Gasteiger partial charge in [-0.15, -0.1) is 0 Å². The number of hydrogen-bond acceptors (Lipinski definition) is 4. The fraction of sp³-hybridized carbons (Fsp3) is 0.647. The average Bonchev–Trinajstić information content (AvgIpc) is 2.50. The van der Waals surface area contributed by atoms with E-state index in [4.69, 9.17) is 4.74 Å². The van der Waals surface area contributed by atoms with E-state index < -0.39 is 0 Å². The maximum Gasteiger partial charge on any atom is 0.162 e. The maximum atomic E-state index is 10.2. The smallest absolute Gasteiger partial charge is 0.162 e. The summed E-state index contributed by atoms with van der Waals surface area (Å²) in [7, 11) is 1.59. The van der Waals surface area contributed by atoms with Gasteiger partial charge in [-0.2, -0.15) is 0 Å². The largest absolute Gasteiger partial charge is 0.504 e. The van der Waals surface area contributed by atoms with Gasteiger partial charge >= 0.3 is 0 Å². The van der Waals surface area contributed by atoms with Crippen molar-refractivity contribution in [1.29, 1.82) is 0 Å². The molecule has 1 aromatic rings. The van der Waals surface area contributed by atoms with Crippen LogP contribution in [0.3, 0.4) is 0 Å². The van der Waals surface area contributed by atoms with E-state index in [9.17, 15) is 5.11 Å². The lowest BCUT2D eigenvalue weighted by atomic mass is 9.98. The molecule has 0 spiro atoms. The van der Waals surface area contributed by atoms with Gasteiger partial charge in [0.05, 0.1) is 7.11 Å². The average molecular weight is 292 g/mol. The van der Waals surface area contributed by atoms with Crippen molar-refractivity contribution in [3.63, 3.8) is 0 Å². The molecule has 1 aliphatic heterocycles. The Balaban J connectivity index is 2.01. The van der Waals surface area contributed by atoms with E-state index in [-0.39, 0.29) is 5.75 Å². The molecule has 0 bridgehead atoms. The Hall–Kier alpha value is -1.26. The van der Waals surface area contributed by atoms with Crippen LogP contribution in [-0.4, -0.2) is 43.3 Å². The van der Waals surface area contributed by atoms with Crippen molar-refractivity contribution in [3.05, 3.63) is 23.8 Å². The van der Waals surface area contributed by atoms with Gasteiger partial charge in [0, 0.05) is 18.7 Å². The molecule has 0 amide bonds. The van der Waals surface area contributed by atoms with Crippen LogP contribution in [0.5, 0.6) is 11.5 Å². The Morgan fingerprint density at radius 2 is 2.29 bits per heavy atom. The summed E-state index contributed by atoms with van der Waals surface area (Å²) in [5.41, 5.74) is 0.951. The Bertz CT molecular complexity index is 431. The summed E-state index contributed by atoms with van der Waals surface area (Å²) in [6.07, 6.45) is 3.71. The highest BCUT2D eigenvalue weighted by Crippen LogP contribution is 2.30. The molecule has 1 saturated heterocycles. The molecule has 0 saturated carbocycles. The topological polar surface area (TPSA) is 44.7 Å². The molecular weight excluding hydrogens is 264 g/mol. The van der Waals surface area contributed by atoms with Crippen LogP contribution in [0.15, 0.2) is 18.2 Å². The van der Waals surface area contributed by atoms with Gasteiger partial charge in [-0.1, -0.05) is 19.1 Å². The minimum atomic E-state index is 0.280. The SMILES string of the molecule is CCCN(Cc1cccc(OC)c1O)CC1CCCNC1. The second-order valence-electron chi connectivity index (χ2n) is 5.92. The number of phenolic OH excluding ortho intramolecular Hbond substituents is 1. The quantitative estimate of drug-likeness (QED) is 0.811. The molecule has 1 aromatic carbocycles. The lowest BCUT2D eigenvalue weighted by molar-refractivity contribution is 0.199. The van der Waals surface area contributed by atoms with Crippen molar-refractivity contribution in [3.8, 4) is 11.5 Å². The molecule has 2 rings (SSSR count). The molecule has 1 fully saturated rings. The molecule has 1 aliphatic rings. The van der Waals surface area contributed by atoms with Crippen LogP contribution in [0.2, 0.25) is 0 Å². The predicted molar refractivity (Wildman–Crippen MR) is 85.8 cm³/mol. The molecule has 0 aliphatic carbocycles. The van der Waals surface area contributed by atoms with Crippen LogP contribution in [0.1, 0.15) is 31.7 Å². The summed E-state index contributed by atoms with van der Waals surface area (Å²) in [5.74, 6) is 1.56. The van der Waals surface area contributed by atoms with Gasteiger partial charge in [0.2, 0.25) is 0 Å². The number of phenols is 1. The van der Waals surface area contributed by atoms with Crippen LogP contribution in [0.25, 0.3) is 0 Å². The zero-order chi connectivity index (χ0) is 15.1. The van der Waals surface area contributed by atoms with Crippen LogP contribution in [0, 0.1) is 5.92 Å². The minimum absolute atomic E-state index is 0.280. The van der Waals surface area contributed by atoms with Crippen molar-refractivity contribution >= 4 is 0 Å². The molecule has 4 heteroatoms. The summed E-state index contributed by atoms with van der Waals surface area (Å²) in [6.45, 7) is 7.42. The highest BCUT2D eigenvalue weighted by atomic mass is 16.5. The highest BCUT2D eigenvalue weighted by Gasteiger charge is 2.18. The van der Waals surface area contributed by atoms with Gasteiger partial charge in [0.15, 0.2) is 11.5 Å². The standard InChI is InChI=1S/C17H28N2O2/c1-3-10-19(12-14-6-5-9-18-11-14)13-15-7-4-8-16(21-2)17(15)20/h4,7-8,14,18,20H,3,5-6,9-13H2,1-2H3. The number of ether oxygens (including phenoxy) is 1. The second-order valence-corrected chi connectivity index (χ2v) is 5.92. The van der Waals surface area contributed by atoms with E-state index >= 15 is 0 Å². The van der Waals surface area contributed by atoms with Crippen molar-refractivity contribution < 1.29 is 9.84 Å². The summed E-state index contributed by atoms with van der Waals surface area (Å²) in [4.78, 5) is 2.45. The Morgan fingerprint density at radius 3 is 2.95 bits per heavy atom. The third-order valence-corrected chi connectivity index (χ3v) is 4.15. The van der Waals surface area contributed by atoms with E-state index in [1.807, 2.05) is 12.1 Å². The summed E-state index contributed by atoms with van der Waals surface area (Å²) in [5, 5.41) is 13.7. The van der Waals surface area contributed by atoms with E-state index in [1.54, 1.807) is 13.2 Å². The number of hydrogen-bond donors (Lipinski definition) is 2. The predicted octanol–water partition coefficient (Wildman–Crippen LogP) is 2.61. The number of nitrogens with one attached hydrogen (secondary N) is 1. The molecular formula is C17H28N2O2. The molecule has 1 unspecified atom stereocenters. The van der Waals surface area contributed by atoms with Crippen molar-refractivity contribution in [2.75, 3.05) is 33.3 Å².